The highest BCUT2D eigenvalue weighted by Crippen LogP contribution is 2.07. The Kier molecular flexibility index (Phi) is 10.5. The van der Waals surface area contributed by atoms with Crippen LogP contribution in [0.2, 0.25) is 0 Å². The SMILES string of the molecule is C[C@@H]1C=CC=CC=CC(=O)O[CH]C[CH][CH]CCC=CC=C[C@H]1O. The lowest BCUT2D eigenvalue weighted by Gasteiger charge is -2.09. The predicted octanol–water partition coefficient (Wildman–Crippen LogP) is 4.06. The first-order valence-corrected chi connectivity index (χ1v) is 7.90. The van der Waals surface area contributed by atoms with E-state index < -0.39 is 12.1 Å². The van der Waals surface area contributed by atoms with Gasteiger partial charge < -0.3 is 9.84 Å². The van der Waals surface area contributed by atoms with Gasteiger partial charge in [-0.2, -0.15) is 0 Å². The minimum Gasteiger partial charge on any atom is -0.455 e. The van der Waals surface area contributed by atoms with Gasteiger partial charge in [0.1, 0.15) is 6.61 Å². The molecule has 0 aromatic heterocycles. The number of aliphatic hydroxyl groups is 1. The van der Waals surface area contributed by atoms with Crippen LogP contribution in [0.25, 0.3) is 0 Å². The van der Waals surface area contributed by atoms with Gasteiger partial charge in [-0.25, -0.2) is 4.79 Å². The summed E-state index contributed by atoms with van der Waals surface area (Å²) in [5, 5.41) is 9.99. The van der Waals surface area contributed by atoms with Crippen LogP contribution in [-0.4, -0.2) is 17.2 Å². The maximum atomic E-state index is 11.4. The highest BCUT2D eigenvalue weighted by atomic mass is 16.5. The van der Waals surface area contributed by atoms with Crippen molar-refractivity contribution in [2.75, 3.05) is 0 Å². The van der Waals surface area contributed by atoms with Crippen molar-refractivity contribution in [2.24, 2.45) is 5.92 Å². The zero-order valence-corrected chi connectivity index (χ0v) is 13.5. The van der Waals surface area contributed by atoms with Gasteiger partial charge in [0, 0.05) is 12.0 Å². The van der Waals surface area contributed by atoms with E-state index in [-0.39, 0.29) is 5.92 Å². The van der Waals surface area contributed by atoms with Gasteiger partial charge in [0.25, 0.3) is 0 Å². The molecule has 0 saturated heterocycles. The number of aliphatic hydroxyl groups excluding tert-OH is 1. The fourth-order valence-corrected chi connectivity index (χ4v) is 1.78. The molecule has 1 rings (SSSR count). The monoisotopic (exact) mass is 313 g/mol. The highest BCUT2D eigenvalue weighted by molar-refractivity contribution is 5.82. The van der Waals surface area contributed by atoms with Gasteiger partial charge in [-0.05, 0) is 32.1 Å². The molecule has 3 radical (unpaired) electrons. The Morgan fingerprint density at radius 2 is 1.78 bits per heavy atom. The average molecular weight is 313 g/mol. The molecular formula is C20H25O3. The quantitative estimate of drug-likeness (QED) is 0.686. The summed E-state index contributed by atoms with van der Waals surface area (Å²) >= 11 is 0. The fourth-order valence-electron chi connectivity index (χ4n) is 1.78. The average Bonchev–Trinajstić information content (AvgIpc) is 2.54. The fraction of sp³-hybridized carbons (Fsp3) is 0.300. The zero-order valence-electron chi connectivity index (χ0n) is 13.5. The summed E-state index contributed by atoms with van der Waals surface area (Å²) in [7, 11) is 0. The van der Waals surface area contributed by atoms with Gasteiger partial charge >= 0.3 is 5.97 Å². The van der Waals surface area contributed by atoms with Crippen molar-refractivity contribution in [3.05, 3.63) is 80.2 Å². The van der Waals surface area contributed by atoms with E-state index in [2.05, 4.69) is 12.5 Å². The van der Waals surface area contributed by atoms with Crippen LogP contribution < -0.4 is 0 Å². The third kappa shape index (κ3) is 10.5. The third-order valence-electron chi connectivity index (χ3n) is 3.17. The summed E-state index contributed by atoms with van der Waals surface area (Å²) in [4.78, 5) is 11.4. The first kappa shape index (κ1) is 19.2. The molecule has 0 amide bonds. The zero-order chi connectivity index (χ0) is 16.8. The molecule has 0 saturated carbocycles. The second-order valence-corrected chi connectivity index (χ2v) is 5.18. The lowest BCUT2D eigenvalue weighted by Crippen LogP contribution is -2.11. The number of hydrogen-bond donors (Lipinski definition) is 1. The molecule has 1 aliphatic heterocycles. The Labute approximate surface area is 139 Å². The Balaban J connectivity index is 2.59. The van der Waals surface area contributed by atoms with Gasteiger partial charge in [-0.15, -0.1) is 0 Å². The van der Waals surface area contributed by atoms with E-state index in [0.29, 0.717) is 6.42 Å². The molecule has 23 heavy (non-hydrogen) atoms. The summed E-state index contributed by atoms with van der Waals surface area (Å²) in [5.41, 5.74) is 0. The van der Waals surface area contributed by atoms with Crippen molar-refractivity contribution >= 4 is 5.97 Å². The first-order chi connectivity index (χ1) is 11.2. The molecule has 0 aliphatic carbocycles. The van der Waals surface area contributed by atoms with E-state index in [9.17, 15) is 9.90 Å². The second-order valence-electron chi connectivity index (χ2n) is 5.18. The molecule has 1 N–H and O–H groups in total. The number of ether oxygens (including phenoxy) is 1. The van der Waals surface area contributed by atoms with Gasteiger partial charge in [0.15, 0.2) is 0 Å². The van der Waals surface area contributed by atoms with Crippen LogP contribution in [0.1, 0.15) is 26.2 Å². The smallest absolute Gasteiger partial charge is 0.331 e. The standard InChI is InChI=1S/C20H25O3/c1-18-14-10-7-8-12-16-20(22)23-17-13-9-5-3-2-4-6-11-15-19(18)21/h4-12,14-19,21H,2-3,13H2,1H3/t18-,19-/m1/s1. The lowest BCUT2D eigenvalue weighted by molar-refractivity contribution is -0.134. The van der Waals surface area contributed by atoms with Gasteiger partial charge in [0.2, 0.25) is 0 Å². The van der Waals surface area contributed by atoms with Crippen molar-refractivity contribution < 1.29 is 14.6 Å². The summed E-state index contributed by atoms with van der Waals surface area (Å²) in [6.45, 7) is 3.44. The number of hydrogen-bond acceptors (Lipinski definition) is 3. The Bertz CT molecular complexity index is 469. The van der Waals surface area contributed by atoms with E-state index in [1.807, 2.05) is 37.6 Å². The summed E-state index contributed by atoms with van der Waals surface area (Å²) in [6, 6.07) is 0. The molecular weight excluding hydrogens is 288 g/mol. The molecule has 0 aromatic rings. The molecule has 0 fully saturated rings. The summed E-state index contributed by atoms with van der Waals surface area (Å²) < 4.78 is 4.95. The molecule has 3 heteroatoms. The summed E-state index contributed by atoms with van der Waals surface area (Å²) in [5.74, 6) is -0.375. The Hall–Kier alpha value is -1.87. The van der Waals surface area contributed by atoms with Crippen molar-refractivity contribution in [1.29, 1.82) is 0 Å². The maximum Gasteiger partial charge on any atom is 0.331 e. The van der Waals surface area contributed by atoms with Crippen LogP contribution in [0.3, 0.4) is 0 Å². The van der Waals surface area contributed by atoms with Crippen molar-refractivity contribution in [2.45, 2.75) is 32.3 Å². The third-order valence-corrected chi connectivity index (χ3v) is 3.17. The number of carbonyl (C=O) groups is 1. The maximum absolute atomic E-state index is 11.4. The van der Waals surface area contributed by atoms with Crippen molar-refractivity contribution in [3.63, 3.8) is 0 Å². The van der Waals surface area contributed by atoms with Crippen LogP contribution in [0.5, 0.6) is 0 Å². The number of rotatable bonds is 0. The lowest BCUT2D eigenvalue weighted by atomic mass is 10.0. The number of esters is 1. The number of cyclic esters (lactones) is 1. The van der Waals surface area contributed by atoms with Gasteiger partial charge in [0.05, 0.1) is 6.10 Å². The molecule has 1 heterocycles. The second kappa shape index (κ2) is 12.7. The molecule has 2 atom stereocenters. The van der Waals surface area contributed by atoms with Gasteiger partial charge in [-0.1, -0.05) is 61.6 Å². The number of allylic oxidation sites excluding steroid dienone is 7. The van der Waals surface area contributed by atoms with E-state index >= 15 is 0 Å². The Morgan fingerprint density at radius 3 is 2.65 bits per heavy atom. The molecule has 0 unspecified atom stereocenters. The highest BCUT2D eigenvalue weighted by Gasteiger charge is 2.05. The Morgan fingerprint density at radius 1 is 1.00 bits per heavy atom. The summed E-state index contributed by atoms with van der Waals surface area (Å²) in [6.07, 6.45) is 23.9. The molecule has 1 aliphatic rings. The molecule has 0 bridgehead atoms. The van der Waals surface area contributed by atoms with E-state index in [4.69, 9.17) is 4.74 Å². The van der Waals surface area contributed by atoms with Crippen LogP contribution >= 0.6 is 0 Å². The topological polar surface area (TPSA) is 46.5 Å². The van der Waals surface area contributed by atoms with Gasteiger partial charge in [-0.3, -0.25) is 0 Å². The van der Waals surface area contributed by atoms with Crippen LogP contribution in [-0.2, 0) is 9.53 Å². The van der Waals surface area contributed by atoms with E-state index in [1.54, 1.807) is 24.3 Å². The molecule has 0 spiro atoms. The van der Waals surface area contributed by atoms with Crippen molar-refractivity contribution in [1.82, 2.24) is 0 Å². The van der Waals surface area contributed by atoms with Crippen LogP contribution in [0.15, 0.2) is 60.8 Å². The van der Waals surface area contributed by atoms with Crippen molar-refractivity contribution in [3.8, 4) is 0 Å². The normalized spacial score (nSPS) is 25.2. The van der Waals surface area contributed by atoms with Crippen LogP contribution in [0.4, 0.5) is 0 Å². The number of carbonyl (C=O) groups excluding carboxylic acids is 1. The largest absolute Gasteiger partial charge is 0.455 e. The molecule has 3 nitrogen and oxygen atoms in total. The molecule has 0 aromatic carbocycles. The van der Waals surface area contributed by atoms with E-state index in [0.717, 1.165) is 12.8 Å². The van der Waals surface area contributed by atoms with Crippen LogP contribution in [0, 0.1) is 25.4 Å². The predicted molar refractivity (Wildman–Crippen MR) is 93.7 cm³/mol. The minimum absolute atomic E-state index is 0.0152. The minimum atomic E-state index is -0.518. The van der Waals surface area contributed by atoms with E-state index in [1.165, 1.54) is 12.7 Å². The first-order valence-electron chi connectivity index (χ1n) is 7.90. The molecule has 123 valence electrons.